The molecule has 0 aliphatic carbocycles. The zero-order valence-corrected chi connectivity index (χ0v) is 19.4. The Morgan fingerprint density at radius 2 is 1.55 bits per heavy atom. The molecule has 0 aromatic heterocycles. The largest absolute Gasteiger partial charge is 0.491 e. The highest BCUT2D eigenvalue weighted by Gasteiger charge is 2.10. The topological polar surface area (TPSA) is 79.5 Å². The van der Waals surface area contributed by atoms with Crippen LogP contribution >= 0.6 is 12.2 Å². The van der Waals surface area contributed by atoms with Crippen molar-refractivity contribution in [1.82, 2.24) is 5.32 Å². The Balaban J connectivity index is 1.47. The number of amides is 2. The van der Waals surface area contributed by atoms with Crippen LogP contribution in [-0.2, 0) is 11.2 Å². The number of thiocarbonyl (C=S) groups is 1. The minimum atomic E-state index is -0.330. The minimum absolute atomic E-state index is 0.0164. The van der Waals surface area contributed by atoms with Gasteiger partial charge in [-0.3, -0.25) is 14.9 Å². The molecule has 0 saturated carbocycles. The molecule has 2 amide bonds. The van der Waals surface area contributed by atoms with Crippen LogP contribution in [0, 0.1) is 0 Å². The van der Waals surface area contributed by atoms with Gasteiger partial charge in [0.2, 0.25) is 5.91 Å². The van der Waals surface area contributed by atoms with Crippen LogP contribution in [0.4, 0.5) is 11.4 Å². The summed E-state index contributed by atoms with van der Waals surface area (Å²) in [5, 5.41) is 8.69. The van der Waals surface area contributed by atoms with Crippen LogP contribution in [0.3, 0.4) is 0 Å². The summed E-state index contributed by atoms with van der Waals surface area (Å²) >= 11 is 5.25. The van der Waals surface area contributed by atoms with Crippen LogP contribution in [0.25, 0.3) is 0 Å². The van der Waals surface area contributed by atoms with E-state index in [1.54, 1.807) is 48.5 Å². The summed E-state index contributed by atoms with van der Waals surface area (Å²) < 4.78 is 5.62. The molecule has 7 heteroatoms. The number of benzene rings is 3. The van der Waals surface area contributed by atoms with Crippen molar-refractivity contribution in [2.45, 2.75) is 32.8 Å². The van der Waals surface area contributed by atoms with E-state index in [9.17, 15) is 9.59 Å². The molecule has 0 bridgehead atoms. The average molecular weight is 462 g/mol. The van der Waals surface area contributed by atoms with Gasteiger partial charge in [-0.05, 0) is 80.5 Å². The van der Waals surface area contributed by atoms with E-state index in [0.717, 1.165) is 5.56 Å². The molecule has 3 aromatic rings. The van der Waals surface area contributed by atoms with Crippen LogP contribution in [0.1, 0.15) is 36.2 Å². The number of aryl methyl sites for hydroxylation is 1. The molecule has 0 saturated heterocycles. The predicted molar refractivity (Wildman–Crippen MR) is 136 cm³/mol. The number of carbonyl (C=O) groups excluding carboxylic acids is 2. The van der Waals surface area contributed by atoms with Crippen molar-refractivity contribution in [3.63, 3.8) is 0 Å². The summed E-state index contributed by atoms with van der Waals surface area (Å²) in [5.74, 6) is 0.243. The number of nitrogens with one attached hydrogen (secondary N) is 3. The Morgan fingerprint density at radius 3 is 2.21 bits per heavy atom. The molecule has 0 aliphatic heterocycles. The molecule has 0 fully saturated rings. The number of carbonyl (C=O) groups is 2. The summed E-state index contributed by atoms with van der Waals surface area (Å²) in [5.41, 5.74) is 2.96. The van der Waals surface area contributed by atoms with E-state index in [2.05, 4.69) is 16.0 Å². The van der Waals surface area contributed by atoms with Crippen molar-refractivity contribution in [2.24, 2.45) is 0 Å². The Bertz CT molecular complexity index is 1100. The molecule has 3 N–H and O–H groups in total. The molecular weight excluding hydrogens is 434 g/mol. The van der Waals surface area contributed by atoms with E-state index >= 15 is 0 Å². The van der Waals surface area contributed by atoms with Crippen molar-refractivity contribution in [3.8, 4) is 5.75 Å². The molecule has 0 radical (unpaired) electrons. The number of anilines is 2. The highest BCUT2D eigenvalue weighted by molar-refractivity contribution is 7.80. The molecule has 3 aromatic carbocycles. The van der Waals surface area contributed by atoms with E-state index in [0.29, 0.717) is 35.5 Å². The lowest BCUT2D eigenvalue weighted by Crippen LogP contribution is -2.34. The first-order valence-corrected chi connectivity index (χ1v) is 11.1. The molecular formula is C26H27N3O3S. The van der Waals surface area contributed by atoms with Crippen molar-refractivity contribution in [1.29, 1.82) is 0 Å². The van der Waals surface area contributed by atoms with Gasteiger partial charge in [-0.2, -0.15) is 0 Å². The van der Waals surface area contributed by atoms with Gasteiger partial charge in [-0.15, -0.1) is 0 Å². The summed E-state index contributed by atoms with van der Waals surface area (Å²) in [6, 6.07) is 23.9. The molecule has 0 spiro atoms. The number of ether oxygens (including phenoxy) is 1. The molecule has 0 aliphatic rings. The highest BCUT2D eigenvalue weighted by atomic mass is 32.1. The first-order valence-electron chi connectivity index (χ1n) is 10.7. The average Bonchev–Trinajstić information content (AvgIpc) is 2.79. The second kappa shape index (κ2) is 11.8. The SMILES string of the molecule is CC(C)Oc1cccc(C(=O)NC(=S)Nc2ccc(NC(=O)CCc3ccccc3)cc2)c1. The minimum Gasteiger partial charge on any atom is -0.491 e. The first-order chi connectivity index (χ1) is 15.9. The van der Waals surface area contributed by atoms with Gasteiger partial charge in [-0.25, -0.2) is 0 Å². The van der Waals surface area contributed by atoms with E-state index in [1.165, 1.54) is 0 Å². The summed E-state index contributed by atoms with van der Waals surface area (Å²) in [6.45, 7) is 3.85. The first kappa shape index (κ1) is 23.9. The maximum Gasteiger partial charge on any atom is 0.257 e. The van der Waals surface area contributed by atoms with Crippen LogP contribution in [0.2, 0.25) is 0 Å². The monoisotopic (exact) mass is 461 g/mol. The smallest absolute Gasteiger partial charge is 0.257 e. The van der Waals surface area contributed by atoms with Gasteiger partial charge in [0, 0.05) is 23.4 Å². The second-order valence-corrected chi connectivity index (χ2v) is 8.12. The summed E-state index contributed by atoms with van der Waals surface area (Å²) in [6.07, 6.45) is 1.11. The fraction of sp³-hybridized carbons (Fsp3) is 0.192. The third-order valence-electron chi connectivity index (χ3n) is 4.61. The zero-order valence-electron chi connectivity index (χ0n) is 18.6. The van der Waals surface area contributed by atoms with Crippen LogP contribution in [-0.4, -0.2) is 23.0 Å². The summed E-state index contributed by atoms with van der Waals surface area (Å²) in [7, 11) is 0. The van der Waals surface area contributed by atoms with Crippen LogP contribution < -0.4 is 20.7 Å². The lowest BCUT2D eigenvalue weighted by Gasteiger charge is -2.12. The summed E-state index contributed by atoms with van der Waals surface area (Å²) in [4.78, 5) is 24.7. The van der Waals surface area contributed by atoms with Gasteiger partial charge in [0.05, 0.1) is 6.10 Å². The van der Waals surface area contributed by atoms with E-state index in [1.807, 2.05) is 44.2 Å². The molecule has 0 heterocycles. The Hall–Kier alpha value is -3.71. The molecule has 170 valence electrons. The van der Waals surface area contributed by atoms with Gasteiger partial charge < -0.3 is 15.4 Å². The zero-order chi connectivity index (χ0) is 23.6. The van der Waals surface area contributed by atoms with Gasteiger partial charge in [0.15, 0.2) is 5.11 Å². The Morgan fingerprint density at radius 1 is 0.879 bits per heavy atom. The fourth-order valence-corrected chi connectivity index (χ4v) is 3.29. The third kappa shape index (κ3) is 8.05. The van der Waals surface area contributed by atoms with Crippen LogP contribution in [0.5, 0.6) is 5.75 Å². The van der Waals surface area contributed by atoms with Gasteiger partial charge in [0.1, 0.15) is 5.75 Å². The maximum atomic E-state index is 12.5. The lowest BCUT2D eigenvalue weighted by molar-refractivity contribution is -0.116. The van der Waals surface area contributed by atoms with Crippen molar-refractivity contribution >= 4 is 40.5 Å². The van der Waals surface area contributed by atoms with Crippen molar-refractivity contribution in [2.75, 3.05) is 10.6 Å². The Labute approximate surface area is 199 Å². The molecule has 0 unspecified atom stereocenters. The predicted octanol–water partition coefficient (Wildman–Crippen LogP) is 5.17. The highest BCUT2D eigenvalue weighted by Crippen LogP contribution is 2.16. The Kier molecular flexibility index (Phi) is 8.55. The van der Waals surface area contributed by atoms with Gasteiger partial charge in [-0.1, -0.05) is 36.4 Å². The van der Waals surface area contributed by atoms with Gasteiger partial charge in [0.25, 0.3) is 5.91 Å². The number of rotatable bonds is 8. The fourth-order valence-electron chi connectivity index (χ4n) is 3.08. The van der Waals surface area contributed by atoms with Crippen molar-refractivity contribution < 1.29 is 14.3 Å². The normalized spacial score (nSPS) is 10.4. The molecule has 0 atom stereocenters. The molecule has 6 nitrogen and oxygen atoms in total. The maximum absolute atomic E-state index is 12.5. The molecule has 3 rings (SSSR count). The third-order valence-corrected chi connectivity index (χ3v) is 4.81. The van der Waals surface area contributed by atoms with E-state index < -0.39 is 0 Å². The van der Waals surface area contributed by atoms with Crippen LogP contribution in [0.15, 0.2) is 78.9 Å². The number of hydrogen-bond acceptors (Lipinski definition) is 4. The van der Waals surface area contributed by atoms with Crippen molar-refractivity contribution in [3.05, 3.63) is 90.0 Å². The standard InChI is InChI=1S/C26H27N3O3S/c1-18(2)32-23-10-6-9-20(17-23)25(31)29-26(33)28-22-14-12-21(13-15-22)27-24(30)16-11-19-7-4-3-5-8-19/h3-10,12-15,17-18H,11,16H2,1-2H3,(H,27,30)(H2,28,29,31,33). The quantitative estimate of drug-likeness (QED) is 0.403. The number of hydrogen-bond donors (Lipinski definition) is 3. The van der Waals surface area contributed by atoms with E-state index in [4.69, 9.17) is 17.0 Å². The lowest BCUT2D eigenvalue weighted by atomic mass is 10.1. The second-order valence-electron chi connectivity index (χ2n) is 7.71. The van der Waals surface area contributed by atoms with E-state index in [-0.39, 0.29) is 23.0 Å². The van der Waals surface area contributed by atoms with Gasteiger partial charge >= 0.3 is 0 Å². The molecule has 33 heavy (non-hydrogen) atoms.